The number of allylic oxidation sites excluding steroid dienone is 2. The van der Waals surface area contributed by atoms with Gasteiger partial charge in [0, 0.05) is 30.2 Å². The molecule has 0 saturated carbocycles. The van der Waals surface area contributed by atoms with Crippen LogP contribution >= 0.6 is 0 Å². The zero-order chi connectivity index (χ0) is 24.3. The highest BCUT2D eigenvalue weighted by atomic mass is 16.6. The summed E-state index contributed by atoms with van der Waals surface area (Å²) in [7, 11) is 0. The van der Waals surface area contributed by atoms with Crippen LogP contribution in [0.5, 0.6) is 0 Å². The predicted molar refractivity (Wildman–Crippen MR) is 131 cm³/mol. The minimum absolute atomic E-state index is 0.000852. The third-order valence-corrected chi connectivity index (χ3v) is 5.98. The van der Waals surface area contributed by atoms with Crippen molar-refractivity contribution >= 4 is 28.2 Å². The molecule has 0 radical (unpaired) electrons. The van der Waals surface area contributed by atoms with Gasteiger partial charge < -0.3 is 0 Å². The molecule has 2 atom stereocenters. The molecule has 170 valence electrons. The van der Waals surface area contributed by atoms with Crippen LogP contribution in [0.4, 0.5) is 17.1 Å². The molecule has 0 aromatic heterocycles. The SMILES string of the molecule is CC1C=C(c2ccc([N+](=O)[O-])cc2)C(c2ccc([N+](=O)[O-])cc2)=CC1(C)N=Nc1ccccc1. The van der Waals surface area contributed by atoms with Crippen molar-refractivity contribution in [3.8, 4) is 0 Å². The van der Waals surface area contributed by atoms with Crippen molar-refractivity contribution in [2.24, 2.45) is 16.1 Å². The number of nitrogens with zero attached hydrogens (tertiary/aromatic N) is 4. The standard InChI is InChI=1S/C26H22N4O4/c1-18-16-24(19-8-12-22(13-9-19)29(31)32)25(20-10-14-23(15-11-20)30(33)34)17-26(18,2)28-27-21-6-4-3-5-7-21/h3-18H,1-2H3. The molecule has 0 amide bonds. The van der Waals surface area contributed by atoms with Crippen molar-refractivity contribution in [1.29, 1.82) is 0 Å². The van der Waals surface area contributed by atoms with Gasteiger partial charge in [0.1, 0.15) is 5.54 Å². The highest BCUT2D eigenvalue weighted by molar-refractivity contribution is 6.06. The molecule has 1 aliphatic rings. The Morgan fingerprint density at radius 3 is 1.76 bits per heavy atom. The predicted octanol–water partition coefficient (Wildman–Crippen LogP) is 7.16. The van der Waals surface area contributed by atoms with Gasteiger partial charge in [-0.1, -0.05) is 31.2 Å². The fraction of sp³-hybridized carbons (Fsp3) is 0.154. The number of hydrogen-bond donors (Lipinski definition) is 0. The van der Waals surface area contributed by atoms with Crippen LogP contribution in [0.25, 0.3) is 11.1 Å². The van der Waals surface area contributed by atoms with Gasteiger partial charge in [0.25, 0.3) is 11.4 Å². The largest absolute Gasteiger partial charge is 0.269 e. The summed E-state index contributed by atoms with van der Waals surface area (Å²) in [6.07, 6.45) is 4.09. The van der Waals surface area contributed by atoms with Crippen LogP contribution in [0.15, 0.2) is 101 Å². The van der Waals surface area contributed by atoms with Crippen molar-refractivity contribution in [2.45, 2.75) is 19.4 Å². The lowest BCUT2D eigenvalue weighted by Crippen LogP contribution is -2.30. The second kappa shape index (κ2) is 9.19. The van der Waals surface area contributed by atoms with E-state index in [1.54, 1.807) is 24.3 Å². The van der Waals surface area contributed by atoms with Crippen LogP contribution in [-0.2, 0) is 0 Å². The zero-order valence-corrected chi connectivity index (χ0v) is 18.7. The molecule has 2 unspecified atom stereocenters. The van der Waals surface area contributed by atoms with Gasteiger partial charge in [-0.25, -0.2) is 0 Å². The smallest absolute Gasteiger partial charge is 0.258 e. The van der Waals surface area contributed by atoms with E-state index < -0.39 is 15.4 Å². The first-order valence-electron chi connectivity index (χ1n) is 10.7. The number of rotatable bonds is 6. The Labute approximate surface area is 196 Å². The lowest BCUT2D eigenvalue weighted by Gasteiger charge is -2.33. The van der Waals surface area contributed by atoms with E-state index in [0.717, 1.165) is 28.0 Å². The van der Waals surface area contributed by atoms with Crippen molar-refractivity contribution < 1.29 is 9.85 Å². The molecule has 0 bridgehead atoms. The maximum Gasteiger partial charge on any atom is 0.269 e. The van der Waals surface area contributed by atoms with E-state index in [9.17, 15) is 20.2 Å². The van der Waals surface area contributed by atoms with Crippen molar-refractivity contribution in [3.63, 3.8) is 0 Å². The van der Waals surface area contributed by atoms with E-state index in [1.807, 2.05) is 50.3 Å². The number of azo groups is 1. The first-order valence-corrected chi connectivity index (χ1v) is 10.7. The van der Waals surface area contributed by atoms with Gasteiger partial charge in [0.05, 0.1) is 15.5 Å². The summed E-state index contributed by atoms with van der Waals surface area (Å²) in [6.45, 7) is 4.02. The molecule has 0 spiro atoms. The molecule has 4 rings (SSSR count). The normalized spacial score (nSPS) is 20.0. The first-order chi connectivity index (χ1) is 16.3. The van der Waals surface area contributed by atoms with E-state index in [1.165, 1.54) is 24.3 Å². The Morgan fingerprint density at radius 1 is 0.765 bits per heavy atom. The van der Waals surface area contributed by atoms with E-state index in [4.69, 9.17) is 0 Å². The Balaban J connectivity index is 1.80. The van der Waals surface area contributed by atoms with E-state index in [2.05, 4.69) is 16.3 Å². The third-order valence-electron chi connectivity index (χ3n) is 5.98. The van der Waals surface area contributed by atoms with E-state index in [0.29, 0.717) is 0 Å². The van der Waals surface area contributed by atoms with Crippen molar-refractivity contribution in [2.75, 3.05) is 0 Å². The van der Waals surface area contributed by atoms with Crippen LogP contribution in [-0.4, -0.2) is 15.4 Å². The number of hydrogen-bond acceptors (Lipinski definition) is 6. The molecule has 8 nitrogen and oxygen atoms in total. The summed E-state index contributed by atoms with van der Waals surface area (Å²) in [6, 6.07) is 22.1. The second-order valence-corrected chi connectivity index (χ2v) is 8.30. The molecular weight excluding hydrogens is 432 g/mol. The summed E-state index contributed by atoms with van der Waals surface area (Å²) in [4.78, 5) is 21.3. The molecule has 0 fully saturated rings. The average Bonchev–Trinajstić information content (AvgIpc) is 2.85. The van der Waals surface area contributed by atoms with Crippen LogP contribution in [0, 0.1) is 26.1 Å². The summed E-state index contributed by atoms with van der Waals surface area (Å²) >= 11 is 0. The minimum Gasteiger partial charge on any atom is -0.258 e. The third kappa shape index (κ3) is 4.66. The van der Waals surface area contributed by atoms with E-state index in [-0.39, 0.29) is 17.3 Å². The number of non-ortho nitro benzene ring substituents is 2. The number of benzene rings is 3. The maximum atomic E-state index is 11.1. The average molecular weight is 454 g/mol. The van der Waals surface area contributed by atoms with Crippen LogP contribution in [0.3, 0.4) is 0 Å². The highest BCUT2D eigenvalue weighted by Crippen LogP contribution is 2.43. The molecule has 3 aromatic rings. The Morgan fingerprint density at radius 2 is 1.26 bits per heavy atom. The van der Waals surface area contributed by atoms with Gasteiger partial charge in [0.2, 0.25) is 0 Å². The summed E-state index contributed by atoms with van der Waals surface area (Å²) in [5, 5.41) is 31.3. The zero-order valence-electron chi connectivity index (χ0n) is 18.7. The van der Waals surface area contributed by atoms with Gasteiger partial charge in [-0.05, 0) is 71.7 Å². The van der Waals surface area contributed by atoms with Crippen LogP contribution in [0.1, 0.15) is 25.0 Å². The Kier molecular flexibility index (Phi) is 6.14. The Hall–Kier alpha value is -4.46. The van der Waals surface area contributed by atoms with Crippen LogP contribution in [0.2, 0.25) is 0 Å². The van der Waals surface area contributed by atoms with Crippen molar-refractivity contribution in [3.05, 3.63) is 122 Å². The minimum atomic E-state index is -0.669. The van der Waals surface area contributed by atoms with Gasteiger partial charge in [-0.15, -0.1) is 0 Å². The molecule has 3 aromatic carbocycles. The molecule has 0 heterocycles. The topological polar surface area (TPSA) is 111 Å². The molecule has 0 saturated heterocycles. The fourth-order valence-corrected chi connectivity index (χ4v) is 3.81. The summed E-state index contributed by atoms with van der Waals surface area (Å²) < 4.78 is 0. The van der Waals surface area contributed by atoms with Crippen LogP contribution < -0.4 is 0 Å². The van der Waals surface area contributed by atoms with Gasteiger partial charge in [-0.2, -0.15) is 10.2 Å². The molecular formula is C26H22N4O4. The number of nitro groups is 2. The second-order valence-electron chi connectivity index (χ2n) is 8.30. The van der Waals surface area contributed by atoms with Crippen molar-refractivity contribution in [1.82, 2.24) is 0 Å². The molecule has 0 N–H and O–H groups in total. The quantitative estimate of drug-likeness (QED) is 0.223. The van der Waals surface area contributed by atoms with Gasteiger partial charge in [0.15, 0.2) is 0 Å². The summed E-state index contributed by atoms with van der Waals surface area (Å²) in [5.74, 6) is -0.0352. The molecule has 0 aliphatic heterocycles. The summed E-state index contributed by atoms with van der Waals surface area (Å²) in [5.41, 5.74) is 3.38. The lowest BCUT2D eigenvalue weighted by molar-refractivity contribution is -0.385. The molecule has 1 aliphatic carbocycles. The molecule has 34 heavy (non-hydrogen) atoms. The number of nitro benzene ring substituents is 2. The Bertz CT molecular complexity index is 1310. The highest BCUT2D eigenvalue weighted by Gasteiger charge is 2.34. The first kappa shape index (κ1) is 22.7. The van der Waals surface area contributed by atoms with E-state index >= 15 is 0 Å². The monoisotopic (exact) mass is 454 g/mol. The lowest BCUT2D eigenvalue weighted by atomic mass is 9.75. The fourth-order valence-electron chi connectivity index (χ4n) is 3.81. The van der Waals surface area contributed by atoms with Gasteiger partial charge >= 0.3 is 0 Å². The van der Waals surface area contributed by atoms with Gasteiger partial charge in [-0.3, -0.25) is 20.2 Å². The molecule has 8 heteroatoms. The maximum absolute atomic E-state index is 11.1.